The van der Waals surface area contributed by atoms with Gasteiger partial charge in [0.05, 0.1) is 22.1 Å². The molecule has 2 aromatic rings. The SMILES string of the molecule is CCOc1ccc(C(=O)Nc2ccc(Cl)c(C(F)(F)F)c2)cc1[N+](=O)[O-]. The topological polar surface area (TPSA) is 81.5 Å². The molecule has 0 aliphatic carbocycles. The summed E-state index contributed by atoms with van der Waals surface area (Å²) in [6.07, 6.45) is -4.68. The first-order valence-electron chi connectivity index (χ1n) is 7.22. The fourth-order valence-electron chi connectivity index (χ4n) is 2.10. The van der Waals surface area contributed by atoms with Gasteiger partial charge in [-0.2, -0.15) is 13.2 Å². The second-order valence-corrected chi connectivity index (χ2v) is 5.43. The molecule has 1 amide bonds. The summed E-state index contributed by atoms with van der Waals surface area (Å²) in [5.41, 5.74) is -1.78. The Bertz CT molecular complexity index is 856. The Kier molecular flexibility index (Phi) is 5.71. The predicted octanol–water partition coefficient (Wildman–Crippen LogP) is 4.92. The van der Waals surface area contributed by atoms with Crippen LogP contribution >= 0.6 is 11.6 Å². The maximum absolute atomic E-state index is 12.9. The van der Waals surface area contributed by atoms with Gasteiger partial charge in [0.1, 0.15) is 0 Å². The van der Waals surface area contributed by atoms with Crippen molar-refractivity contribution in [1.82, 2.24) is 0 Å². The second-order valence-electron chi connectivity index (χ2n) is 5.02. The first-order chi connectivity index (χ1) is 12.1. The molecule has 0 bridgehead atoms. The van der Waals surface area contributed by atoms with Gasteiger partial charge in [-0.1, -0.05) is 11.6 Å². The maximum atomic E-state index is 12.9. The molecule has 26 heavy (non-hydrogen) atoms. The van der Waals surface area contributed by atoms with Gasteiger partial charge in [0.15, 0.2) is 5.75 Å². The van der Waals surface area contributed by atoms with E-state index in [0.717, 1.165) is 12.1 Å². The molecule has 2 rings (SSSR count). The van der Waals surface area contributed by atoms with Gasteiger partial charge in [0.2, 0.25) is 0 Å². The van der Waals surface area contributed by atoms with Crippen LogP contribution in [0.5, 0.6) is 5.75 Å². The lowest BCUT2D eigenvalue weighted by Crippen LogP contribution is -2.14. The van der Waals surface area contributed by atoms with Crippen molar-refractivity contribution >= 4 is 28.9 Å². The molecule has 0 saturated carbocycles. The highest BCUT2D eigenvalue weighted by atomic mass is 35.5. The van der Waals surface area contributed by atoms with Crippen LogP contribution in [0.25, 0.3) is 0 Å². The molecule has 0 aliphatic rings. The summed E-state index contributed by atoms with van der Waals surface area (Å²) in [7, 11) is 0. The molecule has 2 aromatic carbocycles. The third-order valence-electron chi connectivity index (χ3n) is 3.25. The fourth-order valence-corrected chi connectivity index (χ4v) is 2.33. The summed E-state index contributed by atoms with van der Waals surface area (Å²) in [5.74, 6) is -0.827. The van der Waals surface area contributed by atoms with Crippen LogP contribution in [-0.2, 0) is 6.18 Å². The van der Waals surface area contributed by atoms with Crippen LogP contribution < -0.4 is 10.1 Å². The normalized spacial score (nSPS) is 11.1. The summed E-state index contributed by atoms with van der Waals surface area (Å²) in [5, 5.41) is 12.8. The number of nitro benzene ring substituents is 1. The Morgan fingerprint density at radius 2 is 1.96 bits per heavy atom. The van der Waals surface area contributed by atoms with Crippen molar-refractivity contribution in [2.24, 2.45) is 0 Å². The molecule has 0 heterocycles. The van der Waals surface area contributed by atoms with Gasteiger partial charge >= 0.3 is 11.9 Å². The van der Waals surface area contributed by atoms with Crippen LogP contribution in [-0.4, -0.2) is 17.4 Å². The highest BCUT2D eigenvalue weighted by Crippen LogP contribution is 2.36. The predicted molar refractivity (Wildman–Crippen MR) is 88.7 cm³/mol. The molecule has 0 atom stereocenters. The molecule has 0 saturated heterocycles. The lowest BCUT2D eigenvalue weighted by Gasteiger charge is -2.12. The van der Waals surface area contributed by atoms with E-state index in [1.165, 1.54) is 18.2 Å². The van der Waals surface area contributed by atoms with Gasteiger partial charge in [0, 0.05) is 17.3 Å². The molecule has 0 aliphatic heterocycles. The number of amides is 1. The molecule has 10 heteroatoms. The number of hydrogen-bond donors (Lipinski definition) is 1. The molecule has 0 radical (unpaired) electrons. The lowest BCUT2D eigenvalue weighted by molar-refractivity contribution is -0.385. The number of carbonyl (C=O) groups is 1. The quantitative estimate of drug-likeness (QED) is 0.582. The van der Waals surface area contributed by atoms with E-state index < -0.39 is 33.3 Å². The van der Waals surface area contributed by atoms with Crippen LogP contribution in [0.15, 0.2) is 36.4 Å². The van der Waals surface area contributed by atoms with Crippen molar-refractivity contribution in [2.45, 2.75) is 13.1 Å². The van der Waals surface area contributed by atoms with Crippen LogP contribution in [0.4, 0.5) is 24.5 Å². The standard InChI is InChI=1S/C16H12ClF3N2O4/c1-2-26-14-6-3-9(7-13(14)22(24)25)15(23)21-10-4-5-12(17)11(8-10)16(18,19)20/h3-8H,2H2,1H3,(H,21,23). The van der Waals surface area contributed by atoms with Crippen molar-refractivity contribution in [2.75, 3.05) is 11.9 Å². The zero-order valence-electron chi connectivity index (χ0n) is 13.3. The van der Waals surface area contributed by atoms with Gasteiger partial charge < -0.3 is 10.1 Å². The number of carbonyl (C=O) groups excluding carboxylic acids is 1. The second kappa shape index (κ2) is 7.61. The van der Waals surface area contributed by atoms with E-state index in [-0.39, 0.29) is 23.6 Å². The van der Waals surface area contributed by atoms with Gasteiger partial charge in [-0.25, -0.2) is 0 Å². The number of halogens is 4. The van der Waals surface area contributed by atoms with Crippen LogP contribution in [0, 0.1) is 10.1 Å². The number of alkyl halides is 3. The Morgan fingerprint density at radius 3 is 2.54 bits per heavy atom. The minimum atomic E-state index is -4.68. The Morgan fingerprint density at radius 1 is 1.27 bits per heavy atom. The van der Waals surface area contributed by atoms with Crippen molar-refractivity contribution < 1.29 is 27.6 Å². The molecule has 0 aromatic heterocycles. The summed E-state index contributed by atoms with van der Waals surface area (Å²) in [4.78, 5) is 22.6. The summed E-state index contributed by atoms with van der Waals surface area (Å²) >= 11 is 5.52. The average molecular weight is 389 g/mol. The van der Waals surface area contributed by atoms with Crippen LogP contribution in [0.2, 0.25) is 5.02 Å². The molecular formula is C16H12ClF3N2O4. The molecular weight excluding hydrogens is 377 g/mol. The largest absolute Gasteiger partial charge is 0.487 e. The molecule has 0 unspecified atom stereocenters. The number of rotatable bonds is 5. The van der Waals surface area contributed by atoms with Crippen molar-refractivity contribution in [1.29, 1.82) is 0 Å². The minimum Gasteiger partial charge on any atom is -0.487 e. The molecule has 138 valence electrons. The Labute approximate surface area is 150 Å². The monoisotopic (exact) mass is 388 g/mol. The number of hydrogen-bond acceptors (Lipinski definition) is 4. The fraction of sp³-hybridized carbons (Fsp3) is 0.188. The van der Waals surface area contributed by atoms with Crippen molar-refractivity contribution in [3.63, 3.8) is 0 Å². The number of benzene rings is 2. The van der Waals surface area contributed by atoms with Gasteiger partial charge in [-0.05, 0) is 37.3 Å². The first-order valence-corrected chi connectivity index (χ1v) is 7.60. The van der Waals surface area contributed by atoms with E-state index >= 15 is 0 Å². The van der Waals surface area contributed by atoms with Gasteiger partial charge in [0.25, 0.3) is 5.91 Å². The van der Waals surface area contributed by atoms with Gasteiger partial charge in [-0.3, -0.25) is 14.9 Å². The van der Waals surface area contributed by atoms with E-state index in [9.17, 15) is 28.1 Å². The molecule has 0 spiro atoms. The van der Waals surface area contributed by atoms with Gasteiger partial charge in [-0.15, -0.1) is 0 Å². The molecule has 6 nitrogen and oxygen atoms in total. The van der Waals surface area contributed by atoms with Crippen molar-refractivity contribution in [3.8, 4) is 5.75 Å². The Balaban J connectivity index is 2.31. The minimum absolute atomic E-state index is 0.0140. The third-order valence-corrected chi connectivity index (χ3v) is 3.58. The Hall–Kier alpha value is -2.81. The smallest absolute Gasteiger partial charge is 0.417 e. The number of ether oxygens (including phenoxy) is 1. The highest BCUT2D eigenvalue weighted by Gasteiger charge is 2.33. The summed E-state index contributed by atoms with van der Waals surface area (Å²) in [6, 6.07) is 6.39. The number of nitrogens with one attached hydrogen (secondary N) is 1. The highest BCUT2D eigenvalue weighted by molar-refractivity contribution is 6.31. The van der Waals surface area contributed by atoms with Crippen LogP contribution in [0.1, 0.15) is 22.8 Å². The zero-order chi connectivity index (χ0) is 19.5. The van der Waals surface area contributed by atoms with Crippen molar-refractivity contribution in [3.05, 3.63) is 62.7 Å². The van der Waals surface area contributed by atoms with E-state index in [0.29, 0.717) is 6.07 Å². The molecule has 0 fully saturated rings. The van der Waals surface area contributed by atoms with Crippen LogP contribution in [0.3, 0.4) is 0 Å². The third kappa shape index (κ3) is 4.42. The number of nitrogens with zero attached hydrogens (tertiary/aromatic N) is 1. The zero-order valence-corrected chi connectivity index (χ0v) is 14.0. The van der Waals surface area contributed by atoms with E-state index in [2.05, 4.69) is 5.32 Å². The average Bonchev–Trinajstić information content (AvgIpc) is 2.56. The summed E-state index contributed by atoms with van der Waals surface area (Å²) in [6.45, 7) is 1.83. The number of anilines is 1. The van der Waals surface area contributed by atoms with E-state index in [1.807, 2.05) is 0 Å². The first kappa shape index (κ1) is 19.5. The lowest BCUT2D eigenvalue weighted by atomic mass is 10.1. The summed E-state index contributed by atoms with van der Waals surface area (Å²) < 4.78 is 43.7. The maximum Gasteiger partial charge on any atom is 0.417 e. The number of nitro groups is 1. The van der Waals surface area contributed by atoms with E-state index in [4.69, 9.17) is 16.3 Å². The molecule has 1 N–H and O–H groups in total. The van der Waals surface area contributed by atoms with E-state index in [1.54, 1.807) is 6.92 Å².